The van der Waals surface area contributed by atoms with Crippen molar-refractivity contribution in [2.75, 3.05) is 5.32 Å². The first-order valence-corrected chi connectivity index (χ1v) is 13.7. The molecule has 2 atom stereocenters. The van der Waals surface area contributed by atoms with Gasteiger partial charge in [-0.25, -0.2) is 4.79 Å². The first-order valence-electron chi connectivity index (χ1n) is 13.7. The van der Waals surface area contributed by atoms with Gasteiger partial charge in [0.25, 0.3) is 5.91 Å². The van der Waals surface area contributed by atoms with E-state index in [-0.39, 0.29) is 5.75 Å². The Labute approximate surface area is 246 Å². The van der Waals surface area contributed by atoms with Crippen LogP contribution in [-0.4, -0.2) is 51.0 Å². The lowest BCUT2D eigenvalue weighted by Crippen LogP contribution is -2.58. The molecule has 0 radical (unpaired) electrons. The summed E-state index contributed by atoms with van der Waals surface area (Å²) in [6, 6.07) is 15.2. The molecule has 0 heterocycles. The molecular formula is C32H40N4O6. The maximum absolute atomic E-state index is 14.2. The number of phenolic OH excluding ortho intramolecular Hbond substituents is 1. The first-order chi connectivity index (χ1) is 19.5. The number of aromatic hydroxyl groups is 1. The second-order valence-electron chi connectivity index (χ2n) is 12.2. The number of carbonyl (C=O) groups excluding carboxylic acids is 4. The Balaban J connectivity index is 2.10. The van der Waals surface area contributed by atoms with Gasteiger partial charge in [0.15, 0.2) is 0 Å². The van der Waals surface area contributed by atoms with Gasteiger partial charge in [0.1, 0.15) is 23.4 Å². The monoisotopic (exact) mass is 576 g/mol. The van der Waals surface area contributed by atoms with Crippen LogP contribution in [0.25, 0.3) is 10.8 Å². The number of alkyl carbamates (subject to hydrolysis) is 1. The van der Waals surface area contributed by atoms with E-state index in [2.05, 4.69) is 10.6 Å². The summed E-state index contributed by atoms with van der Waals surface area (Å²) in [5.41, 5.74) is 5.05. The van der Waals surface area contributed by atoms with E-state index in [0.29, 0.717) is 16.8 Å². The number of ether oxygens (including phenoxy) is 1. The van der Waals surface area contributed by atoms with Crippen molar-refractivity contribution in [2.45, 2.75) is 78.1 Å². The van der Waals surface area contributed by atoms with Crippen LogP contribution in [0.3, 0.4) is 0 Å². The van der Waals surface area contributed by atoms with Crippen LogP contribution >= 0.6 is 0 Å². The van der Waals surface area contributed by atoms with E-state index in [9.17, 15) is 24.3 Å². The van der Waals surface area contributed by atoms with E-state index < -0.39 is 53.5 Å². The molecule has 3 aromatic carbocycles. The first kappa shape index (κ1) is 31.9. The van der Waals surface area contributed by atoms with Crippen molar-refractivity contribution in [1.82, 2.24) is 10.2 Å². The molecule has 2 unspecified atom stereocenters. The third-order valence-corrected chi connectivity index (χ3v) is 6.41. The number of nitrogens with zero attached hydrogens (tertiary/aromatic N) is 1. The number of amides is 4. The van der Waals surface area contributed by atoms with E-state index in [0.717, 1.165) is 10.8 Å². The van der Waals surface area contributed by atoms with Crippen molar-refractivity contribution in [3.63, 3.8) is 0 Å². The van der Waals surface area contributed by atoms with Gasteiger partial charge in [-0.15, -0.1) is 0 Å². The lowest BCUT2D eigenvalue weighted by molar-refractivity contribution is -0.147. The Hall–Kier alpha value is -4.60. The fraction of sp³-hybridized carbons (Fsp3) is 0.375. The zero-order valence-corrected chi connectivity index (χ0v) is 25.1. The van der Waals surface area contributed by atoms with Gasteiger partial charge in [0, 0.05) is 11.2 Å². The number of carbonyl (C=O) groups is 4. The van der Waals surface area contributed by atoms with Crippen LogP contribution in [0.15, 0.2) is 60.7 Å². The van der Waals surface area contributed by atoms with Crippen LogP contribution in [0, 0.1) is 6.92 Å². The van der Waals surface area contributed by atoms with Crippen LogP contribution in [0.5, 0.6) is 5.75 Å². The Morgan fingerprint density at radius 3 is 2.14 bits per heavy atom. The number of anilines is 1. The minimum Gasteiger partial charge on any atom is -0.508 e. The summed E-state index contributed by atoms with van der Waals surface area (Å²) in [6.07, 6.45) is -1.42. The molecule has 3 rings (SSSR count). The van der Waals surface area contributed by atoms with Crippen molar-refractivity contribution < 1.29 is 29.0 Å². The highest BCUT2D eigenvalue weighted by atomic mass is 16.6. The predicted octanol–water partition coefficient (Wildman–Crippen LogP) is 4.93. The van der Waals surface area contributed by atoms with Crippen molar-refractivity contribution in [3.05, 3.63) is 71.8 Å². The number of nitrogens with one attached hydrogen (secondary N) is 2. The van der Waals surface area contributed by atoms with E-state index in [1.165, 1.54) is 11.0 Å². The average Bonchev–Trinajstić information content (AvgIpc) is 2.86. The number of primary amides is 1. The molecule has 0 bridgehead atoms. The number of hydrogen-bond donors (Lipinski definition) is 4. The molecule has 0 aliphatic carbocycles. The highest BCUT2D eigenvalue weighted by molar-refractivity contribution is 6.01. The van der Waals surface area contributed by atoms with E-state index in [1.54, 1.807) is 66.7 Å². The highest BCUT2D eigenvalue weighted by Crippen LogP contribution is 2.33. The zero-order chi connectivity index (χ0) is 31.4. The van der Waals surface area contributed by atoms with Gasteiger partial charge >= 0.3 is 6.09 Å². The number of fused-ring (bicyclic) bond motifs is 1. The summed E-state index contributed by atoms with van der Waals surface area (Å²) >= 11 is 0. The zero-order valence-electron chi connectivity index (χ0n) is 25.1. The van der Waals surface area contributed by atoms with Gasteiger partial charge < -0.3 is 31.1 Å². The van der Waals surface area contributed by atoms with Crippen LogP contribution in [0.2, 0.25) is 0 Å². The SMILES string of the molecule is Cc1cc(C(C(=O)Nc2ccc3ccccc3c2)N(C(=O)C(CC(N)=O)NC(=O)OC(C)(C)C)C(C)(C)C)ccc1O. The van der Waals surface area contributed by atoms with E-state index >= 15 is 0 Å². The molecule has 5 N–H and O–H groups in total. The average molecular weight is 577 g/mol. The van der Waals surface area contributed by atoms with Gasteiger partial charge in [-0.2, -0.15) is 0 Å². The second kappa shape index (κ2) is 12.5. The van der Waals surface area contributed by atoms with E-state index in [4.69, 9.17) is 10.5 Å². The van der Waals surface area contributed by atoms with E-state index in [1.807, 2.05) is 36.4 Å². The molecule has 3 aromatic rings. The molecule has 0 saturated heterocycles. The highest BCUT2D eigenvalue weighted by Gasteiger charge is 2.42. The number of nitrogens with two attached hydrogens (primary N) is 1. The molecule has 4 amide bonds. The smallest absolute Gasteiger partial charge is 0.408 e. The topological polar surface area (TPSA) is 151 Å². The minimum atomic E-state index is -1.41. The van der Waals surface area contributed by atoms with Crippen molar-refractivity contribution in [2.24, 2.45) is 5.73 Å². The summed E-state index contributed by atoms with van der Waals surface area (Å²) in [6.45, 7) is 11.9. The number of aryl methyl sites for hydroxylation is 1. The predicted molar refractivity (Wildman–Crippen MR) is 162 cm³/mol. The van der Waals surface area contributed by atoms with Crippen molar-refractivity contribution in [1.29, 1.82) is 0 Å². The minimum absolute atomic E-state index is 0.0271. The van der Waals surface area contributed by atoms with Crippen LogP contribution < -0.4 is 16.4 Å². The molecule has 0 fully saturated rings. The van der Waals surface area contributed by atoms with Gasteiger partial charge in [0.05, 0.1) is 6.42 Å². The third-order valence-electron chi connectivity index (χ3n) is 6.41. The molecule has 0 aromatic heterocycles. The number of benzene rings is 3. The lowest BCUT2D eigenvalue weighted by atomic mass is 9.94. The van der Waals surface area contributed by atoms with Gasteiger partial charge in [-0.1, -0.05) is 36.4 Å². The molecular weight excluding hydrogens is 536 g/mol. The largest absolute Gasteiger partial charge is 0.508 e. The molecule has 42 heavy (non-hydrogen) atoms. The number of phenols is 1. The van der Waals surface area contributed by atoms with Crippen molar-refractivity contribution in [3.8, 4) is 5.75 Å². The fourth-order valence-electron chi connectivity index (χ4n) is 4.61. The second-order valence-corrected chi connectivity index (χ2v) is 12.2. The summed E-state index contributed by atoms with van der Waals surface area (Å²) < 4.78 is 5.32. The molecule has 10 nitrogen and oxygen atoms in total. The number of rotatable bonds is 8. The fourth-order valence-corrected chi connectivity index (χ4v) is 4.61. The lowest BCUT2D eigenvalue weighted by Gasteiger charge is -2.43. The Bertz CT molecular complexity index is 1490. The molecule has 0 aliphatic heterocycles. The maximum Gasteiger partial charge on any atom is 0.408 e. The van der Waals surface area contributed by atoms with Gasteiger partial charge in [0.2, 0.25) is 11.8 Å². The molecule has 0 saturated carbocycles. The molecule has 0 spiro atoms. The normalized spacial score (nSPS) is 13.1. The summed E-state index contributed by atoms with van der Waals surface area (Å²) in [4.78, 5) is 54.4. The summed E-state index contributed by atoms with van der Waals surface area (Å²) in [5, 5.41) is 17.5. The maximum atomic E-state index is 14.2. The van der Waals surface area contributed by atoms with Crippen LogP contribution in [-0.2, 0) is 19.1 Å². The quantitative estimate of drug-likeness (QED) is 0.299. The summed E-state index contributed by atoms with van der Waals surface area (Å²) in [7, 11) is 0. The van der Waals surface area contributed by atoms with Crippen LogP contribution in [0.1, 0.15) is 65.1 Å². The van der Waals surface area contributed by atoms with Gasteiger partial charge in [-0.3, -0.25) is 14.4 Å². The Kier molecular flexibility index (Phi) is 9.50. The van der Waals surface area contributed by atoms with Gasteiger partial charge in [-0.05, 0) is 94.6 Å². The standard InChI is InChI=1S/C32H40N4O6/c1-19-16-22(13-15-25(19)37)27(28(39)34-23-14-12-20-10-8-9-11-21(20)17-23)36(31(2,3)4)29(40)24(18-26(33)38)35-30(41)42-32(5,6)7/h8-17,24,27,37H,18H2,1-7H3,(H2,33,38)(H,34,39)(H,35,41). The molecule has 10 heteroatoms. The van der Waals surface area contributed by atoms with Crippen LogP contribution in [0.4, 0.5) is 10.5 Å². The Morgan fingerprint density at radius 1 is 0.929 bits per heavy atom. The van der Waals surface area contributed by atoms with Crippen molar-refractivity contribution >= 4 is 40.3 Å². The Morgan fingerprint density at radius 2 is 1.57 bits per heavy atom. The number of hydrogen-bond acceptors (Lipinski definition) is 6. The molecule has 0 aliphatic rings. The summed E-state index contributed by atoms with van der Waals surface area (Å²) in [5.74, 6) is -2.04. The molecule has 224 valence electrons. The third kappa shape index (κ3) is 8.22.